The van der Waals surface area contributed by atoms with Gasteiger partial charge in [0.15, 0.2) is 16.4 Å². The minimum Gasteiger partial charge on any atom is -0.496 e. The lowest BCUT2D eigenvalue weighted by molar-refractivity contribution is -0.148. The van der Waals surface area contributed by atoms with E-state index in [4.69, 9.17) is 9.47 Å². The lowest BCUT2D eigenvalue weighted by Gasteiger charge is -2.11. The van der Waals surface area contributed by atoms with Gasteiger partial charge >= 0.3 is 5.97 Å². The summed E-state index contributed by atoms with van der Waals surface area (Å²) in [5, 5.41) is 2.57. The average Bonchev–Trinajstić information content (AvgIpc) is 2.89. The zero-order valence-electron chi connectivity index (χ0n) is 13.5. The first-order valence-corrected chi connectivity index (χ1v) is 9.49. The number of para-hydroxylation sites is 1. The summed E-state index contributed by atoms with van der Waals surface area (Å²) >= 11 is 0. The third-order valence-electron chi connectivity index (χ3n) is 3.75. The van der Waals surface area contributed by atoms with E-state index in [0.717, 1.165) is 5.56 Å². The van der Waals surface area contributed by atoms with Gasteiger partial charge in [0.25, 0.3) is 5.91 Å². The molecule has 132 valence electrons. The second-order valence-corrected chi connectivity index (χ2v) is 7.87. The predicted molar refractivity (Wildman–Crippen MR) is 87.5 cm³/mol. The topological polar surface area (TPSA) is 98.8 Å². The van der Waals surface area contributed by atoms with Crippen LogP contribution in [0.4, 0.5) is 0 Å². The Morgan fingerprint density at radius 3 is 2.71 bits per heavy atom. The van der Waals surface area contributed by atoms with E-state index in [1.807, 2.05) is 24.3 Å². The second kappa shape index (κ2) is 8.14. The van der Waals surface area contributed by atoms with E-state index in [2.05, 4.69) is 5.32 Å². The van der Waals surface area contributed by atoms with Crippen molar-refractivity contribution < 1.29 is 27.5 Å². The maximum absolute atomic E-state index is 11.7. The number of ether oxygens (including phenoxy) is 2. The molecule has 1 saturated heterocycles. The van der Waals surface area contributed by atoms with Crippen LogP contribution in [0.1, 0.15) is 18.4 Å². The molecule has 1 aliphatic heterocycles. The largest absolute Gasteiger partial charge is 0.496 e. The minimum atomic E-state index is -3.05. The highest BCUT2D eigenvalue weighted by Crippen LogP contribution is 2.18. The highest BCUT2D eigenvalue weighted by molar-refractivity contribution is 7.91. The number of aryl methyl sites for hydroxylation is 1. The summed E-state index contributed by atoms with van der Waals surface area (Å²) in [6, 6.07) is 6.97. The molecule has 0 unspecified atom stereocenters. The van der Waals surface area contributed by atoms with E-state index in [0.29, 0.717) is 18.6 Å². The van der Waals surface area contributed by atoms with Gasteiger partial charge in [-0.25, -0.2) is 8.42 Å². The summed E-state index contributed by atoms with van der Waals surface area (Å²) in [6.07, 6.45) is 0.979. The number of carbonyl (C=O) groups excluding carboxylic acids is 2. The summed E-state index contributed by atoms with van der Waals surface area (Å²) in [5.41, 5.74) is 0.887. The van der Waals surface area contributed by atoms with Crippen LogP contribution in [-0.2, 0) is 30.6 Å². The van der Waals surface area contributed by atoms with E-state index < -0.39 is 34.4 Å². The highest BCUT2D eigenvalue weighted by atomic mass is 32.2. The van der Waals surface area contributed by atoms with Gasteiger partial charge in [-0.3, -0.25) is 9.59 Å². The number of carbonyl (C=O) groups is 2. The molecular weight excluding hydrogens is 334 g/mol. The summed E-state index contributed by atoms with van der Waals surface area (Å²) < 4.78 is 32.7. The third-order valence-corrected chi connectivity index (χ3v) is 5.52. The number of hydrogen-bond donors (Lipinski definition) is 1. The molecule has 1 fully saturated rings. The van der Waals surface area contributed by atoms with E-state index >= 15 is 0 Å². The molecule has 0 spiro atoms. The molecule has 0 aromatic heterocycles. The number of amides is 1. The molecule has 1 heterocycles. The number of methoxy groups -OCH3 is 1. The van der Waals surface area contributed by atoms with Gasteiger partial charge in [0.05, 0.1) is 18.6 Å². The van der Waals surface area contributed by atoms with Crippen molar-refractivity contribution in [2.75, 3.05) is 25.2 Å². The van der Waals surface area contributed by atoms with Crippen LogP contribution < -0.4 is 10.1 Å². The zero-order valence-corrected chi connectivity index (χ0v) is 14.3. The van der Waals surface area contributed by atoms with Gasteiger partial charge in [-0.2, -0.15) is 0 Å². The summed E-state index contributed by atoms with van der Waals surface area (Å²) in [7, 11) is -1.49. The molecule has 0 radical (unpaired) electrons. The van der Waals surface area contributed by atoms with E-state index in [1.165, 1.54) is 0 Å². The standard InChI is InChI=1S/C16H21NO6S/c1-22-14-5-3-2-4-12(14)6-7-16(19)23-10-15(18)17-13-8-9-24(20,21)11-13/h2-5,13H,6-11H2,1H3,(H,17,18)/t13-/m0/s1. The van der Waals surface area contributed by atoms with Crippen molar-refractivity contribution in [2.45, 2.75) is 25.3 Å². The molecule has 0 saturated carbocycles. The first-order chi connectivity index (χ1) is 11.4. The van der Waals surface area contributed by atoms with Crippen molar-refractivity contribution in [1.82, 2.24) is 5.32 Å². The maximum Gasteiger partial charge on any atom is 0.306 e. The van der Waals surface area contributed by atoms with E-state index in [1.54, 1.807) is 7.11 Å². The number of nitrogens with one attached hydrogen (secondary N) is 1. The molecule has 7 nitrogen and oxygen atoms in total. The lowest BCUT2D eigenvalue weighted by atomic mass is 10.1. The van der Waals surface area contributed by atoms with Gasteiger partial charge in [0, 0.05) is 12.5 Å². The van der Waals surface area contributed by atoms with Crippen LogP contribution in [0.2, 0.25) is 0 Å². The fraction of sp³-hybridized carbons (Fsp3) is 0.500. The zero-order chi connectivity index (χ0) is 17.6. The first kappa shape index (κ1) is 18.3. The van der Waals surface area contributed by atoms with Crippen LogP contribution in [0.15, 0.2) is 24.3 Å². The van der Waals surface area contributed by atoms with Crippen molar-refractivity contribution in [1.29, 1.82) is 0 Å². The molecule has 0 bridgehead atoms. The summed E-state index contributed by atoms with van der Waals surface area (Å²) in [6.45, 7) is -0.401. The molecule has 1 amide bonds. The van der Waals surface area contributed by atoms with Crippen molar-refractivity contribution in [3.05, 3.63) is 29.8 Å². The number of esters is 1. The quantitative estimate of drug-likeness (QED) is 0.714. The Kier molecular flexibility index (Phi) is 6.19. The highest BCUT2D eigenvalue weighted by Gasteiger charge is 2.29. The fourth-order valence-corrected chi connectivity index (χ4v) is 4.22. The molecule has 1 N–H and O–H groups in total. The Morgan fingerprint density at radius 1 is 1.29 bits per heavy atom. The lowest BCUT2D eigenvalue weighted by Crippen LogP contribution is -2.38. The molecular formula is C16H21NO6S. The van der Waals surface area contributed by atoms with Gasteiger partial charge in [-0.1, -0.05) is 18.2 Å². The Bertz CT molecular complexity index is 700. The Morgan fingerprint density at radius 2 is 2.04 bits per heavy atom. The number of hydrogen-bond acceptors (Lipinski definition) is 6. The SMILES string of the molecule is COc1ccccc1CCC(=O)OCC(=O)N[C@H]1CCS(=O)(=O)C1. The Hall–Kier alpha value is -2.09. The van der Waals surface area contributed by atoms with Crippen LogP contribution in [0.5, 0.6) is 5.75 Å². The molecule has 24 heavy (non-hydrogen) atoms. The van der Waals surface area contributed by atoms with Crippen molar-refractivity contribution in [3.8, 4) is 5.75 Å². The van der Waals surface area contributed by atoms with E-state index in [-0.39, 0.29) is 17.9 Å². The molecule has 1 atom stereocenters. The van der Waals surface area contributed by atoms with Crippen LogP contribution in [0.25, 0.3) is 0 Å². The Balaban J connectivity index is 1.70. The van der Waals surface area contributed by atoms with Gasteiger partial charge in [0.1, 0.15) is 5.75 Å². The molecule has 8 heteroatoms. The van der Waals surface area contributed by atoms with Crippen molar-refractivity contribution >= 4 is 21.7 Å². The van der Waals surface area contributed by atoms with E-state index in [9.17, 15) is 18.0 Å². The van der Waals surface area contributed by atoms with Crippen LogP contribution >= 0.6 is 0 Å². The van der Waals surface area contributed by atoms with Crippen molar-refractivity contribution in [3.63, 3.8) is 0 Å². The van der Waals surface area contributed by atoms with Crippen LogP contribution in [0.3, 0.4) is 0 Å². The van der Waals surface area contributed by atoms with Gasteiger partial charge < -0.3 is 14.8 Å². The number of rotatable bonds is 7. The van der Waals surface area contributed by atoms with Crippen molar-refractivity contribution in [2.24, 2.45) is 0 Å². The maximum atomic E-state index is 11.7. The fourth-order valence-electron chi connectivity index (χ4n) is 2.54. The predicted octanol–water partition coefficient (Wildman–Crippen LogP) is 0.474. The minimum absolute atomic E-state index is 0.0551. The first-order valence-electron chi connectivity index (χ1n) is 7.67. The van der Waals surface area contributed by atoms with Crippen LogP contribution in [0, 0.1) is 0 Å². The normalized spacial score (nSPS) is 18.8. The number of sulfone groups is 1. The summed E-state index contributed by atoms with van der Waals surface area (Å²) in [4.78, 5) is 23.4. The molecule has 1 aromatic carbocycles. The average molecular weight is 355 g/mol. The molecule has 0 aliphatic carbocycles. The van der Waals surface area contributed by atoms with Crippen LogP contribution in [-0.4, -0.2) is 51.6 Å². The Labute approximate surface area is 141 Å². The molecule has 2 rings (SSSR count). The molecule has 1 aliphatic rings. The van der Waals surface area contributed by atoms with Gasteiger partial charge in [-0.05, 0) is 24.5 Å². The smallest absolute Gasteiger partial charge is 0.306 e. The third kappa shape index (κ3) is 5.52. The number of benzene rings is 1. The van der Waals surface area contributed by atoms with Gasteiger partial charge in [0.2, 0.25) is 0 Å². The second-order valence-electron chi connectivity index (χ2n) is 5.64. The monoisotopic (exact) mass is 355 g/mol. The summed E-state index contributed by atoms with van der Waals surface area (Å²) in [5.74, 6) is -0.250. The van der Waals surface area contributed by atoms with Gasteiger partial charge in [-0.15, -0.1) is 0 Å². The molecule has 1 aromatic rings.